The van der Waals surface area contributed by atoms with Crippen molar-refractivity contribution in [3.8, 4) is 5.75 Å². The maximum absolute atomic E-state index is 12.4. The van der Waals surface area contributed by atoms with E-state index in [0.29, 0.717) is 0 Å². The summed E-state index contributed by atoms with van der Waals surface area (Å²) >= 11 is 1.38. The van der Waals surface area contributed by atoms with E-state index in [0.717, 1.165) is 11.1 Å². The summed E-state index contributed by atoms with van der Waals surface area (Å²) in [6.07, 6.45) is 0. The van der Waals surface area contributed by atoms with Crippen LogP contribution in [-0.2, 0) is 29.1 Å². The van der Waals surface area contributed by atoms with Crippen LogP contribution in [0.4, 0.5) is 0 Å². The van der Waals surface area contributed by atoms with Gasteiger partial charge in [-0.2, -0.15) is 0 Å². The average molecular weight is 300 g/mol. The molecule has 0 atom stereocenters. The fourth-order valence-corrected chi connectivity index (χ4v) is 1.89. The molecule has 0 aromatic heterocycles. The first-order valence-electron chi connectivity index (χ1n) is 6.57. The molecule has 1 rings (SSSR count). The van der Waals surface area contributed by atoms with Gasteiger partial charge >= 0.3 is 23.8 Å². The van der Waals surface area contributed by atoms with Crippen LogP contribution in [0.15, 0.2) is 12.1 Å². The zero-order chi connectivity index (χ0) is 14.7. The van der Waals surface area contributed by atoms with Gasteiger partial charge in [0.25, 0.3) is 0 Å². The quantitative estimate of drug-likeness (QED) is 0.657. The Hall–Kier alpha value is -0.357. The van der Waals surface area contributed by atoms with Crippen molar-refractivity contribution in [2.75, 3.05) is 0 Å². The summed E-state index contributed by atoms with van der Waals surface area (Å²) in [4.78, 5) is 0. The Morgan fingerprint density at radius 3 is 1.33 bits per heavy atom. The number of benzene rings is 1. The summed E-state index contributed by atoms with van der Waals surface area (Å²) in [5.74, 6) is 0.214. The summed E-state index contributed by atoms with van der Waals surface area (Å²) in [6.45, 7) is 14.6. The van der Waals surface area contributed by atoms with Gasteiger partial charge in [0.15, 0.2) is 0 Å². The van der Waals surface area contributed by atoms with Crippen LogP contribution >= 0.6 is 0 Å². The molecule has 0 aliphatic heterocycles. The molecule has 0 bridgehead atoms. The Morgan fingerprint density at radius 1 is 0.833 bits per heavy atom. The molecule has 0 aliphatic carbocycles. The molecule has 2 heteroatoms. The van der Waals surface area contributed by atoms with Crippen LogP contribution in [0, 0.1) is 6.92 Å². The summed E-state index contributed by atoms with van der Waals surface area (Å²) in [5, 5.41) is 12.4. The zero-order valence-electron chi connectivity index (χ0n) is 13.3. The van der Waals surface area contributed by atoms with Gasteiger partial charge in [-0.25, -0.2) is 0 Å². The molecule has 98 valence electrons. The third-order valence-electron chi connectivity index (χ3n) is 2.85. The van der Waals surface area contributed by atoms with Crippen molar-refractivity contribution < 1.29 is 23.4 Å². The zero-order valence-corrected chi connectivity index (χ0v) is 16.2. The van der Waals surface area contributed by atoms with E-state index in [4.69, 9.17) is 0 Å². The fraction of sp³-hybridized carbons (Fsp3) is 0.625. The summed E-state index contributed by atoms with van der Waals surface area (Å²) < 4.78 is 0. The standard InChI is InChI=1S/C15H24O.CH3.Zn/c1-10-8-11(14(2,3)4)13(16)12(9-10)15(5,6)7;;/h8-9,16H,1-7H3;1H3;/q;;+1/p-1. The van der Waals surface area contributed by atoms with Crippen molar-refractivity contribution in [1.29, 1.82) is 0 Å². The first-order valence-corrected chi connectivity index (χ1v) is 9.53. The van der Waals surface area contributed by atoms with E-state index in [1.165, 1.54) is 23.9 Å². The van der Waals surface area contributed by atoms with Gasteiger partial charge in [-0.1, -0.05) is 59.2 Å². The third-order valence-corrected chi connectivity index (χ3v) is 2.85. The van der Waals surface area contributed by atoms with Crippen molar-refractivity contribution in [3.05, 3.63) is 28.8 Å². The minimum atomic E-state index is -0.0803. The summed E-state index contributed by atoms with van der Waals surface area (Å²) in [6, 6.07) is 4.05. The first-order chi connectivity index (χ1) is 8.03. The van der Waals surface area contributed by atoms with Gasteiger partial charge in [-0.05, 0) is 28.9 Å². The topological polar surface area (TPSA) is 23.1 Å². The Kier molecular flexibility index (Phi) is 6.07. The van der Waals surface area contributed by atoms with Crippen molar-refractivity contribution >= 4 is 0 Å². The van der Waals surface area contributed by atoms with Crippen LogP contribution in [-0.4, -0.2) is 0 Å². The van der Waals surface area contributed by atoms with Gasteiger partial charge in [0, 0.05) is 0 Å². The molecule has 0 N–H and O–H groups in total. The molecule has 0 saturated carbocycles. The fourth-order valence-electron chi connectivity index (χ4n) is 1.89. The van der Waals surface area contributed by atoms with E-state index in [2.05, 4.69) is 54.0 Å². The van der Waals surface area contributed by atoms with Crippen LogP contribution in [0.25, 0.3) is 0 Å². The number of aryl methyl sites for hydroxylation is 1. The van der Waals surface area contributed by atoms with Crippen LogP contribution in [0.3, 0.4) is 0 Å². The number of hydrogen-bond donors (Lipinski definition) is 0. The molecule has 0 spiro atoms. The molecular formula is C16H26OZn. The molecule has 0 amide bonds. The molecule has 0 aliphatic rings. The van der Waals surface area contributed by atoms with Gasteiger partial charge in [0.05, 0.1) is 0 Å². The Bertz CT molecular complexity index is 360. The van der Waals surface area contributed by atoms with Crippen molar-refractivity contribution in [2.24, 2.45) is 0 Å². The molecule has 1 nitrogen and oxygen atoms in total. The molecule has 18 heavy (non-hydrogen) atoms. The van der Waals surface area contributed by atoms with Crippen LogP contribution in [0.1, 0.15) is 58.2 Å². The van der Waals surface area contributed by atoms with E-state index in [1.54, 1.807) is 0 Å². The van der Waals surface area contributed by atoms with Crippen LogP contribution < -0.4 is 5.11 Å². The number of hydrogen-bond acceptors (Lipinski definition) is 1. The monoisotopic (exact) mass is 298 g/mol. The van der Waals surface area contributed by atoms with Crippen LogP contribution in [0.5, 0.6) is 5.75 Å². The molecule has 1 aromatic carbocycles. The Morgan fingerprint density at radius 2 is 1.11 bits per heavy atom. The molecule has 0 heterocycles. The average Bonchev–Trinajstić information content (AvgIpc) is 2.21. The third kappa shape index (κ3) is 4.39. The summed E-state index contributed by atoms with van der Waals surface area (Å²) in [7, 11) is 0. The molecule has 0 unspecified atom stereocenters. The van der Waals surface area contributed by atoms with Gasteiger partial charge in [0.1, 0.15) is 0 Å². The maximum atomic E-state index is 12.4. The van der Waals surface area contributed by atoms with Gasteiger partial charge in [0.2, 0.25) is 0 Å². The SMILES string of the molecule is Cc1cc(C(C)(C)C)c([O-])c(C(C)(C)C)c1.[CH3][Zn+]. The van der Waals surface area contributed by atoms with Crippen molar-refractivity contribution in [1.82, 2.24) is 0 Å². The van der Waals surface area contributed by atoms with Crippen molar-refractivity contribution in [2.45, 2.75) is 64.8 Å². The molecule has 1 aromatic rings. The van der Waals surface area contributed by atoms with Gasteiger partial charge < -0.3 is 5.11 Å². The van der Waals surface area contributed by atoms with E-state index in [-0.39, 0.29) is 16.6 Å². The minimum absolute atomic E-state index is 0.0803. The molecule has 0 saturated heterocycles. The molecule has 0 radical (unpaired) electrons. The Labute approximate surface area is 123 Å². The Balaban J connectivity index is 0.00000137. The predicted molar refractivity (Wildman–Crippen MR) is 73.9 cm³/mol. The van der Waals surface area contributed by atoms with E-state index in [1.807, 2.05) is 12.1 Å². The second kappa shape index (κ2) is 6.19. The summed E-state index contributed by atoms with van der Waals surface area (Å²) in [5.41, 5.74) is 5.00. The second-order valence-electron chi connectivity index (χ2n) is 6.69. The predicted octanol–water partition coefficient (Wildman–Crippen LogP) is 4.24. The van der Waals surface area contributed by atoms with Crippen molar-refractivity contribution in [3.63, 3.8) is 0 Å². The molecular weight excluding hydrogens is 274 g/mol. The van der Waals surface area contributed by atoms with Gasteiger partial charge in [-0.15, -0.1) is 5.75 Å². The van der Waals surface area contributed by atoms with E-state index >= 15 is 0 Å². The number of rotatable bonds is 0. The normalized spacial score (nSPS) is 11.9. The van der Waals surface area contributed by atoms with Gasteiger partial charge in [-0.3, -0.25) is 0 Å². The van der Waals surface area contributed by atoms with E-state index < -0.39 is 0 Å². The first kappa shape index (κ1) is 17.6. The molecule has 0 fully saturated rings. The van der Waals surface area contributed by atoms with E-state index in [9.17, 15) is 5.11 Å². The van der Waals surface area contributed by atoms with Crippen LogP contribution in [0.2, 0.25) is 5.52 Å². The second-order valence-corrected chi connectivity index (χ2v) is 6.69.